The van der Waals surface area contributed by atoms with E-state index < -0.39 is 28.5 Å². The molecule has 3 rings (SSSR count). The maximum atomic E-state index is 14.1. The number of carbonyl (C=O) groups is 2. The van der Waals surface area contributed by atoms with Gasteiger partial charge in [-0.2, -0.15) is 0 Å². The highest BCUT2D eigenvalue weighted by Crippen LogP contribution is 2.31. The standard InChI is InChI=1S/C29H32Cl3N3O4S/c1-5-20(3)33-29(37)21(4)34(17-24-25(31)12-9-13-26(24)32)28(36)18-35(27-16-22(30)15-14-19(27)2)40(38,39)23-10-7-6-8-11-23/h6-16,20-21H,5,17-18H2,1-4H3,(H,33,37). The Morgan fingerprint density at radius 2 is 1.55 bits per heavy atom. The summed E-state index contributed by atoms with van der Waals surface area (Å²) < 4.78 is 28.8. The number of aryl methyl sites for hydroxylation is 1. The Labute approximate surface area is 251 Å². The molecule has 7 nitrogen and oxygen atoms in total. The van der Waals surface area contributed by atoms with Gasteiger partial charge in [0.05, 0.1) is 10.6 Å². The fourth-order valence-corrected chi connectivity index (χ4v) is 6.16. The zero-order valence-corrected chi connectivity index (χ0v) is 25.8. The number of amides is 2. The minimum atomic E-state index is -4.21. The predicted octanol–water partition coefficient (Wildman–Crippen LogP) is 6.48. The largest absolute Gasteiger partial charge is 0.352 e. The number of hydrogen-bond acceptors (Lipinski definition) is 4. The molecule has 3 aromatic carbocycles. The van der Waals surface area contributed by atoms with Crippen LogP contribution in [-0.2, 0) is 26.2 Å². The number of hydrogen-bond donors (Lipinski definition) is 1. The van der Waals surface area contributed by atoms with E-state index in [0.717, 1.165) is 4.31 Å². The van der Waals surface area contributed by atoms with Crippen molar-refractivity contribution >= 4 is 62.3 Å². The number of halogens is 3. The second-order valence-electron chi connectivity index (χ2n) is 9.47. The van der Waals surface area contributed by atoms with E-state index >= 15 is 0 Å². The first kappa shape index (κ1) is 31.7. The molecular formula is C29H32Cl3N3O4S. The molecule has 0 radical (unpaired) electrons. The number of benzene rings is 3. The minimum Gasteiger partial charge on any atom is -0.352 e. The molecule has 0 bridgehead atoms. The molecule has 1 N–H and O–H groups in total. The monoisotopic (exact) mass is 623 g/mol. The van der Waals surface area contributed by atoms with Crippen molar-refractivity contribution in [1.82, 2.24) is 10.2 Å². The van der Waals surface area contributed by atoms with Gasteiger partial charge in [-0.05, 0) is 69.2 Å². The molecule has 0 saturated carbocycles. The molecular weight excluding hydrogens is 593 g/mol. The third-order valence-electron chi connectivity index (χ3n) is 6.61. The summed E-state index contributed by atoms with van der Waals surface area (Å²) in [6, 6.07) is 16.5. The zero-order valence-electron chi connectivity index (χ0n) is 22.7. The summed E-state index contributed by atoms with van der Waals surface area (Å²) in [5.41, 5.74) is 1.29. The Bertz CT molecular complexity index is 1450. The van der Waals surface area contributed by atoms with Gasteiger partial charge < -0.3 is 10.2 Å². The van der Waals surface area contributed by atoms with Crippen LogP contribution in [0.15, 0.2) is 71.6 Å². The van der Waals surface area contributed by atoms with Crippen LogP contribution in [0, 0.1) is 6.92 Å². The van der Waals surface area contributed by atoms with Gasteiger partial charge in [-0.25, -0.2) is 8.42 Å². The second-order valence-corrected chi connectivity index (χ2v) is 12.6. The van der Waals surface area contributed by atoms with Crippen molar-refractivity contribution in [3.63, 3.8) is 0 Å². The Balaban J connectivity index is 2.10. The SMILES string of the molecule is CCC(C)NC(=O)C(C)N(Cc1c(Cl)cccc1Cl)C(=O)CN(c1cc(Cl)ccc1C)S(=O)(=O)c1ccccc1. The predicted molar refractivity (Wildman–Crippen MR) is 162 cm³/mol. The van der Waals surface area contributed by atoms with E-state index in [9.17, 15) is 18.0 Å². The molecule has 0 fully saturated rings. The van der Waals surface area contributed by atoms with Gasteiger partial charge in [0, 0.05) is 33.2 Å². The van der Waals surface area contributed by atoms with Gasteiger partial charge in [0.1, 0.15) is 12.6 Å². The van der Waals surface area contributed by atoms with E-state index in [-0.39, 0.29) is 29.1 Å². The van der Waals surface area contributed by atoms with Crippen molar-refractivity contribution in [2.75, 3.05) is 10.8 Å². The van der Waals surface area contributed by atoms with Crippen molar-refractivity contribution in [2.24, 2.45) is 0 Å². The molecule has 2 amide bonds. The second kappa shape index (κ2) is 13.7. The summed E-state index contributed by atoms with van der Waals surface area (Å²) in [5, 5.41) is 3.83. The van der Waals surface area contributed by atoms with Gasteiger partial charge in [-0.15, -0.1) is 0 Å². The Kier molecular flexibility index (Phi) is 10.9. The average molecular weight is 625 g/mol. The van der Waals surface area contributed by atoms with Gasteiger partial charge in [0.25, 0.3) is 10.0 Å². The molecule has 2 unspecified atom stereocenters. The number of carbonyl (C=O) groups excluding carboxylic acids is 2. The maximum absolute atomic E-state index is 14.1. The third-order valence-corrected chi connectivity index (χ3v) is 9.33. The summed E-state index contributed by atoms with van der Waals surface area (Å²) in [5.74, 6) is -1.01. The molecule has 0 aromatic heterocycles. The van der Waals surface area contributed by atoms with Crippen LogP contribution in [-0.4, -0.2) is 43.8 Å². The van der Waals surface area contributed by atoms with Crippen molar-refractivity contribution in [3.8, 4) is 0 Å². The number of anilines is 1. The first-order valence-corrected chi connectivity index (χ1v) is 15.3. The molecule has 214 valence electrons. The normalized spacial score (nSPS) is 12.9. The fourth-order valence-electron chi connectivity index (χ4n) is 3.99. The van der Waals surface area contributed by atoms with Gasteiger partial charge in [0.2, 0.25) is 11.8 Å². The molecule has 0 aliphatic heterocycles. The lowest BCUT2D eigenvalue weighted by molar-refractivity contribution is -0.139. The molecule has 0 heterocycles. The Morgan fingerprint density at radius 1 is 0.925 bits per heavy atom. The number of sulfonamides is 1. The van der Waals surface area contributed by atoms with Crippen LogP contribution in [0.25, 0.3) is 0 Å². The highest BCUT2D eigenvalue weighted by Gasteiger charge is 2.34. The van der Waals surface area contributed by atoms with Crippen LogP contribution < -0.4 is 9.62 Å². The molecule has 11 heteroatoms. The summed E-state index contributed by atoms with van der Waals surface area (Å²) in [4.78, 5) is 28.5. The van der Waals surface area contributed by atoms with E-state index in [1.165, 1.54) is 23.1 Å². The van der Waals surface area contributed by atoms with Crippen LogP contribution in [0.1, 0.15) is 38.3 Å². The Morgan fingerprint density at radius 3 is 2.15 bits per heavy atom. The zero-order chi connectivity index (χ0) is 29.6. The number of rotatable bonds is 11. The van der Waals surface area contributed by atoms with Crippen LogP contribution in [0.3, 0.4) is 0 Å². The smallest absolute Gasteiger partial charge is 0.264 e. The summed E-state index contributed by atoms with van der Waals surface area (Å²) in [6.07, 6.45) is 0.694. The summed E-state index contributed by atoms with van der Waals surface area (Å²) in [6.45, 7) is 6.40. The average Bonchev–Trinajstić information content (AvgIpc) is 2.92. The highest BCUT2D eigenvalue weighted by molar-refractivity contribution is 7.92. The topological polar surface area (TPSA) is 86.8 Å². The molecule has 40 heavy (non-hydrogen) atoms. The lowest BCUT2D eigenvalue weighted by Crippen LogP contribution is -2.52. The number of nitrogens with one attached hydrogen (secondary N) is 1. The lowest BCUT2D eigenvalue weighted by Gasteiger charge is -2.33. The van der Waals surface area contributed by atoms with Crippen molar-refractivity contribution in [2.45, 2.75) is 57.6 Å². The van der Waals surface area contributed by atoms with Crippen molar-refractivity contribution < 1.29 is 18.0 Å². The molecule has 0 aliphatic rings. The molecule has 0 aliphatic carbocycles. The molecule has 0 saturated heterocycles. The first-order valence-electron chi connectivity index (χ1n) is 12.7. The van der Waals surface area contributed by atoms with Crippen LogP contribution in [0.5, 0.6) is 0 Å². The first-order chi connectivity index (χ1) is 18.9. The summed E-state index contributed by atoms with van der Waals surface area (Å²) in [7, 11) is -4.21. The fraction of sp³-hybridized carbons (Fsp3) is 0.310. The van der Waals surface area contributed by atoms with Crippen molar-refractivity contribution in [1.29, 1.82) is 0 Å². The minimum absolute atomic E-state index is 0.00503. The van der Waals surface area contributed by atoms with Crippen molar-refractivity contribution in [3.05, 3.63) is 92.9 Å². The Hall–Kier alpha value is -2.78. The van der Waals surface area contributed by atoms with Gasteiger partial charge in [-0.3, -0.25) is 13.9 Å². The molecule has 2 atom stereocenters. The van der Waals surface area contributed by atoms with Crippen LogP contribution in [0.2, 0.25) is 15.1 Å². The van der Waals surface area contributed by atoms with Gasteiger partial charge in [0.15, 0.2) is 0 Å². The molecule has 0 spiro atoms. The molecule has 3 aromatic rings. The highest BCUT2D eigenvalue weighted by atomic mass is 35.5. The van der Waals surface area contributed by atoms with E-state index in [4.69, 9.17) is 34.8 Å². The number of nitrogens with zero attached hydrogens (tertiary/aromatic N) is 2. The van der Waals surface area contributed by atoms with Crippen LogP contribution >= 0.6 is 34.8 Å². The lowest BCUT2D eigenvalue weighted by atomic mass is 10.1. The van der Waals surface area contributed by atoms with E-state index in [1.54, 1.807) is 62.4 Å². The van der Waals surface area contributed by atoms with Gasteiger partial charge >= 0.3 is 0 Å². The maximum Gasteiger partial charge on any atom is 0.264 e. The quantitative estimate of drug-likeness (QED) is 0.265. The van der Waals surface area contributed by atoms with E-state index in [1.807, 2.05) is 13.8 Å². The van der Waals surface area contributed by atoms with E-state index in [0.29, 0.717) is 32.6 Å². The third kappa shape index (κ3) is 7.49. The van der Waals surface area contributed by atoms with E-state index in [2.05, 4.69) is 5.32 Å². The summed E-state index contributed by atoms with van der Waals surface area (Å²) >= 11 is 19.1. The van der Waals surface area contributed by atoms with Gasteiger partial charge in [-0.1, -0.05) is 72.1 Å². The van der Waals surface area contributed by atoms with Crippen LogP contribution in [0.4, 0.5) is 5.69 Å².